The fourth-order valence-corrected chi connectivity index (χ4v) is 3.51. The lowest BCUT2D eigenvalue weighted by Crippen LogP contribution is -2.35. The van der Waals surface area contributed by atoms with Crippen LogP contribution in [0.15, 0.2) is 54.6 Å². The molecule has 2 aromatic carbocycles. The van der Waals surface area contributed by atoms with Crippen LogP contribution in [-0.4, -0.2) is 18.0 Å². The smallest absolute Gasteiger partial charge is 0.0454 e. The van der Waals surface area contributed by atoms with E-state index in [-0.39, 0.29) is 0 Å². The zero-order chi connectivity index (χ0) is 14.5. The Bertz CT molecular complexity index is 561. The van der Waals surface area contributed by atoms with Gasteiger partial charge in [0.1, 0.15) is 0 Å². The summed E-state index contributed by atoms with van der Waals surface area (Å²) >= 11 is 6.48. The van der Waals surface area contributed by atoms with Crippen LogP contribution >= 0.6 is 11.6 Å². The topological polar surface area (TPSA) is 3.24 Å². The minimum absolute atomic E-state index is 0.390. The summed E-state index contributed by atoms with van der Waals surface area (Å²) in [4.78, 5) is 2.61. The van der Waals surface area contributed by atoms with E-state index in [1.165, 1.54) is 43.5 Å². The van der Waals surface area contributed by atoms with Gasteiger partial charge in [-0.25, -0.2) is 0 Å². The van der Waals surface area contributed by atoms with E-state index in [1.54, 1.807) is 0 Å². The molecular weight excluding hydrogens is 278 g/mol. The summed E-state index contributed by atoms with van der Waals surface area (Å²) in [7, 11) is 0. The maximum atomic E-state index is 6.48. The van der Waals surface area contributed by atoms with Gasteiger partial charge in [0.05, 0.1) is 0 Å². The normalized spacial score (nSPS) is 17.6. The fraction of sp³-hybridized carbons (Fsp3) is 0.368. The monoisotopic (exact) mass is 299 g/mol. The van der Waals surface area contributed by atoms with E-state index in [9.17, 15) is 0 Å². The summed E-state index contributed by atoms with van der Waals surface area (Å²) in [6.45, 7) is 2.37. The maximum Gasteiger partial charge on any atom is 0.0454 e. The summed E-state index contributed by atoms with van der Waals surface area (Å²) in [6.07, 6.45) is 4.99. The number of likely N-dealkylation sites (tertiary alicyclic amines) is 1. The number of hydrogen-bond acceptors (Lipinski definition) is 1. The van der Waals surface area contributed by atoms with Crippen molar-refractivity contribution < 1.29 is 0 Å². The van der Waals surface area contributed by atoms with Gasteiger partial charge in [-0.1, -0.05) is 66.6 Å². The Morgan fingerprint density at radius 3 is 2.24 bits per heavy atom. The second-order valence-electron chi connectivity index (χ2n) is 5.82. The Kier molecular flexibility index (Phi) is 4.95. The first kappa shape index (κ1) is 14.6. The SMILES string of the molecule is Clc1ccccc1C(Cc1ccccc1)N1CCCCC1. The van der Waals surface area contributed by atoms with Gasteiger partial charge in [-0.2, -0.15) is 0 Å². The van der Waals surface area contributed by atoms with Gasteiger partial charge < -0.3 is 0 Å². The van der Waals surface area contributed by atoms with E-state index in [1.807, 2.05) is 12.1 Å². The molecule has 1 unspecified atom stereocenters. The molecule has 0 amide bonds. The molecule has 0 aliphatic carbocycles. The number of rotatable bonds is 4. The highest BCUT2D eigenvalue weighted by Crippen LogP contribution is 2.32. The maximum absolute atomic E-state index is 6.48. The molecule has 0 N–H and O–H groups in total. The van der Waals surface area contributed by atoms with Crippen molar-refractivity contribution in [1.82, 2.24) is 4.90 Å². The molecular formula is C19H22ClN. The van der Waals surface area contributed by atoms with Crippen molar-refractivity contribution in [3.63, 3.8) is 0 Å². The Morgan fingerprint density at radius 1 is 0.857 bits per heavy atom. The molecule has 1 atom stereocenters. The lowest BCUT2D eigenvalue weighted by Gasteiger charge is -2.35. The molecule has 1 heterocycles. The van der Waals surface area contributed by atoms with Crippen molar-refractivity contribution in [1.29, 1.82) is 0 Å². The number of nitrogens with zero attached hydrogens (tertiary/aromatic N) is 1. The van der Waals surface area contributed by atoms with Gasteiger partial charge in [-0.3, -0.25) is 4.90 Å². The van der Waals surface area contributed by atoms with Gasteiger partial charge in [0.15, 0.2) is 0 Å². The predicted octanol–water partition coefficient (Wildman–Crippen LogP) is 5.11. The quantitative estimate of drug-likeness (QED) is 0.758. The van der Waals surface area contributed by atoms with Crippen molar-refractivity contribution >= 4 is 11.6 Å². The van der Waals surface area contributed by atoms with Crippen LogP contribution in [0.3, 0.4) is 0 Å². The summed E-state index contributed by atoms with van der Waals surface area (Å²) < 4.78 is 0. The third-order valence-corrected chi connectivity index (χ3v) is 4.71. The Morgan fingerprint density at radius 2 is 1.52 bits per heavy atom. The molecule has 1 fully saturated rings. The van der Waals surface area contributed by atoms with E-state index >= 15 is 0 Å². The molecule has 2 heteroatoms. The minimum atomic E-state index is 0.390. The molecule has 1 nitrogen and oxygen atoms in total. The van der Waals surface area contributed by atoms with Crippen molar-refractivity contribution in [2.24, 2.45) is 0 Å². The predicted molar refractivity (Wildman–Crippen MR) is 89.8 cm³/mol. The second kappa shape index (κ2) is 7.11. The van der Waals surface area contributed by atoms with Crippen LogP contribution in [-0.2, 0) is 6.42 Å². The third kappa shape index (κ3) is 3.66. The second-order valence-corrected chi connectivity index (χ2v) is 6.23. The first-order chi connectivity index (χ1) is 10.3. The summed E-state index contributed by atoms with van der Waals surface area (Å²) in [6, 6.07) is 19.5. The van der Waals surface area contributed by atoms with Gasteiger partial charge in [-0.05, 0) is 49.5 Å². The first-order valence-corrected chi connectivity index (χ1v) is 8.25. The van der Waals surface area contributed by atoms with Crippen LogP contribution in [0.5, 0.6) is 0 Å². The van der Waals surface area contributed by atoms with Crippen LogP contribution in [0, 0.1) is 0 Å². The molecule has 0 radical (unpaired) electrons. The molecule has 0 bridgehead atoms. The first-order valence-electron chi connectivity index (χ1n) is 7.87. The van der Waals surface area contributed by atoms with Crippen LogP contribution in [0.4, 0.5) is 0 Å². The van der Waals surface area contributed by atoms with E-state index < -0.39 is 0 Å². The lowest BCUT2D eigenvalue weighted by atomic mass is 9.95. The largest absolute Gasteiger partial charge is 0.296 e. The highest BCUT2D eigenvalue weighted by atomic mass is 35.5. The number of halogens is 1. The average molecular weight is 300 g/mol. The number of piperidine rings is 1. The van der Waals surface area contributed by atoms with Crippen LogP contribution in [0.25, 0.3) is 0 Å². The zero-order valence-electron chi connectivity index (χ0n) is 12.3. The molecule has 0 spiro atoms. The Balaban J connectivity index is 1.89. The van der Waals surface area contributed by atoms with Crippen molar-refractivity contribution in [3.8, 4) is 0 Å². The molecule has 110 valence electrons. The molecule has 1 saturated heterocycles. The molecule has 0 saturated carbocycles. The number of hydrogen-bond donors (Lipinski definition) is 0. The van der Waals surface area contributed by atoms with E-state index in [0.29, 0.717) is 6.04 Å². The van der Waals surface area contributed by atoms with Gasteiger partial charge in [-0.15, -0.1) is 0 Å². The Labute approximate surface area is 132 Å². The third-order valence-electron chi connectivity index (χ3n) is 4.37. The van der Waals surface area contributed by atoms with Gasteiger partial charge >= 0.3 is 0 Å². The molecule has 1 aliphatic heterocycles. The van der Waals surface area contributed by atoms with Crippen LogP contribution in [0.1, 0.15) is 36.4 Å². The van der Waals surface area contributed by atoms with E-state index in [4.69, 9.17) is 11.6 Å². The van der Waals surface area contributed by atoms with Crippen molar-refractivity contribution in [3.05, 3.63) is 70.7 Å². The van der Waals surface area contributed by atoms with Crippen LogP contribution in [0.2, 0.25) is 5.02 Å². The summed E-state index contributed by atoms with van der Waals surface area (Å²) in [5.74, 6) is 0. The van der Waals surface area contributed by atoms with E-state index in [2.05, 4.69) is 47.4 Å². The molecule has 3 rings (SSSR count). The highest BCUT2D eigenvalue weighted by Gasteiger charge is 2.24. The molecule has 0 aromatic heterocycles. The molecule has 2 aromatic rings. The lowest BCUT2D eigenvalue weighted by molar-refractivity contribution is 0.162. The Hall–Kier alpha value is -1.31. The standard InChI is InChI=1S/C19H22ClN/c20-18-12-6-5-11-17(18)19(21-13-7-2-8-14-21)15-16-9-3-1-4-10-16/h1,3-6,9-12,19H,2,7-8,13-15H2. The van der Waals surface area contributed by atoms with Crippen LogP contribution < -0.4 is 0 Å². The number of benzene rings is 2. The molecule has 1 aliphatic rings. The minimum Gasteiger partial charge on any atom is -0.296 e. The van der Waals surface area contributed by atoms with E-state index in [0.717, 1.165) is 11.4 Å². The van der Waals surface area contributed by atoms with Gasteiger partial charge in [0.25, 0.3) is 0 Å². The van der Waals surface area contributed by atoms with Gasteiger partial charge in [0.2, 0.25) is 0 Å². The highest BCUT2D eigenvalue weighted by molar-refractivity contribution is 6.31. The average Bonchev–Trinajstić information content (AvgIpc) is 2.55. The fourth-order valence-electron chi connectivity index (χ4n) is 3.25. The zero-order valence-corrected chi connectivity index (χ0v) is 13.1. The summed E-state index contributed by atoms with van der Waals surface area (Å²) in [5.41, 5.74) is 2.65. The summed E-state index contributed by atoms with van der Waals surface area (Å²) in [5, 5.41) is 0.893. The van der Waals surface area contributed by atoms with Crippen molar-refractivity contribution in [2.75, 3.05) is 13.1 Å². The van der Waals surface area contributed by atoms with Crippen molar-refractivity contribution in [2.45, 2.75) is 31.7 Å². The molecule has 21 heavy (non-hydrogen) atoms. The van der Waals surface area contributed by atoms with Gasteiger partial charge in [0, 0.05) is 11.1 Å².